The molecule has 3 atom stereocenters. The van der Waals surface area contributed by atoms with Gasteiger partial charge in [0.25, 0.3) is 0 Å². The van der Waals surface area contributed by atoms with Gasteiger partial charge >= 0.3 is 0 Å². The molecule has 0 amide bonds. The number of hydrogen-bond donors (Lipinski definition) is 2. The minimum atomic E-state index is -0.476. The Balaban J connectivity index is 1.53. The monoisotopic (exact) mass is 314 g/mol. The van der Waals surface area contributed by atoms with Gasteiger partial charge in [-0.05, 0) is 26.7 Å². The zero-order chi connectivity index (χ0) is 15.1. The van der Waals surface area contributed by atoms with Crippen LogP contribution in [0, 0.1) is 6.92 Å². The van der Waals surface area contributed by atoms with Crippen molar-refractivity contribution in [1.82, 2.24) is 10.3 Å². The molecule has 0 aliphatic carbocycles. The summed E-state index contributed by atoms with van der Waals surface area (Å²) in [5.41, 5.74) is 2.94. The predicted molar refractivity (Wildman–Crippen MR) is 83.8 cm³/mol. The number of rotatable bonds is 9. The van der Waals surface area contributed by atoms with Crippen molar-refractivity contribution in [1.29, 1.82) is 0 Å². The highest BCUT2D eigenvalue weighted by molar-refractivity contribution is 7.09. The van der Waals surface area contributed by atoms with Crippen molar-refractivity contribution >= 4 is 11.3 Å². The van der Waals surface area contributed by atoms with Crippen molar-refractivity contribution in [2.24, 2.45) is 0 Å². The van der Waals surface area contributed by atoms with Crippen LogP contribution in [0.5, 0.6) is 0 Å². The molecule has 6 heteroatoms. The minimum absolute atomic E-state index is 0.280. The second-order valence-electron chi connectivity index (χ2n) is 5.59. The van der Waals surface area contributed by atoms with E-state index in [-0.39, 0.29) is 12.1 Å². The van der Waals surface area contributed by atoms with E-state index < -0.39 is 6.10 Å². The van der Waals surface area contributed by atoms with Gasteiger partial charge in [0.1, 0.15) is 0 Å². The van der Waals surface area contributed by atoms with E-state index in [0.717, 1.165) is 31.6 Å². The highest BCUT2D eigenvalue weighted by Crippen LogP contribution is 2.15. The maximum absolute atomic E-state index is 9.91. The van der Waals surface area contributed by atoms with Crippen molar-refractivity contribution in [3.05, 3.63) is 16.1 Å². The van der Waals surface area contributed by atoms with Crippen LogP contribution in [0.4, 0.5) is 0 Å². The van der Waals surface area contributed by atoms with Gasteiger partial charge in [0.05, 0.1) is 36.6 Å². The molecular formula is C15H26N2O3S. The van der Waals surface area contributed by atoms with Gasteiger partial charge in [0, 0.05) is 30.5 Å². The van der Waals surface area contributed by atoms with E-state index >= 15 is 0 Å². The molecule has 2 N–H and O–H groups in total. The molecule has 1 aliphatic heterocycles. The third-order valence-electron chi connectivity index (χ3n) is 3.83. The lowest BCUT2D eigenvalue weighted by Gasteiger charge is -2.21. The van der Waals surface area contributed by atoms with Crippen molar-refractivity contribution in [3.8, 4) is 0 Å². The fourth-order valence-corrected chi connectivity index (χ4v) is 3.22. The molecule has 0 spiro atoms. The van der Waals surface area contributed by atoms with Crippen molar-refractivity contribution < 1.29 is 14.6 Å². The van der Waals surface area contributed by atoms with Gasteiger partial charge in [-0.1, -0.05) is 0 Å². The summed E-state index contributed by atoms with van der Waals surface area (Å²) in [6, 6.07) is 0.280. The van der Waals surface area contributed by atoms with Crippen LogP contribution in [0.25, 0.3) is 0 Å². The maximum Gasteiger partial charge on any atom is 0.0897 e. The normalized spacial score (nSPS) is 21.6. The topological polar surface area (TPSA) is 63.6 Å². The van der Waals surface area contributed by atoms with Crippen LogP contribution in [-0.2, 0) is 15.9 Å². The van der Waals surface area contributed by atoms with Crippen LogP contribution in [0.2, 0.25) is 0 Å². The van der Waals surface area contributed by atoms with Crippen molar-refractivity contribution in [2.75, 3.05) is 26.4 Å². The molecule has 1 fully saturated rings. The third-order valence-corrected chi connectivity index (χ3v) is 4.82. The summed E-state index contributed by atoms with van der Waals surface area (Å²) in [4.78, 5) is 5.47. The van der Waals surface area contributed by atoms with Crippen molar-refractivity contribution in [3.63, 3.8) is 0 Å². The minimum Gasteiger partial charge on any atom is -0.389 e. The summed E-state index contributed by atoms with van der Waals surface area (Å²) in [7, 11) is 0. The predicted octanol–water partition coefficient (Wildman–Crippen LogP) is 1.53. The van der Waals surface area contributed by atoms with Gasteiger partial charge < -0.3 is 19.9 Å². The quantitative estimate of drug-likeness (QED) is 0.677. The van der Waals surface area contributed by atoms with Gasteiger partial charge in [0.2, 0.25) is 0 Å². The fraction of sp³-hybridized carbons (Fsp3) is 0.800. The van der Waals surface area contributed by atoms with Gasteiger partial charge in [-0.25, -0.2) is 4.98 Å². The van der Waals surface area contributed by atoms with Crippen molar-refractivity contribution in [2.45, 2.75) is 51.4 Å². The lowest BCUT2D eigenvalue weighted by molar-refractivity contribution is 0.0305. The smallest absolute Gasteiger partial charge is 0.0897 e. The van der Waals surface area contributed by atoms with Gasteiger partial charge in [-0.2, -0.15) is 0 Å². The number of aryl methyl sites for hydroxylation is 1. The van der Waals surface area contributed by atoms with E-state index in [1.54, 1.807) is 11.3 Å². The molecule has 0 saturated carbocycles. The number of aromatic nitrogens is 1. The van der Waals surface area contributed by atoms with E-state index in [1.165, 1.54) is 4.88 Å². The Hall–Kier alpha value is -0.530. The number of nitrogens with zero attached hydrogens (tertiary/aromatic N) is 1. The van der Waals surface area contributed by atoms with Crippen LogP contribution in [0.3, 0.4) is 0 Å². The lowest BCUT2D eigenvalue weighted by Crippen LogP contribution is -2.42. The molecule has 0 bridgehead atoms. The molecule has 2 heterocycles. The largest absolute Gasteiger partial charge is 0.389 e. The average Bonchev–Trinajstić information content (AvgIpc) is 3.13. The molecule has 120 valence electrons. The Kier molecular flexibility index (Phi) is 7.06. The molecule has 0 radical (unpaired) electrons. The molecule has 1 aromatic rings. The zero-order valence-electron chi connectivity index (χ0n) is 12.9. The summed E-state index contributed by atoms with van der Waals surface area (Å²) < 4.78 is 11.2. The van der Waals surface area contributed by atoms with Crippen LogP contribution < -0.4 is 5.32 Å². The van der Waals surface area contributed by atoms with Crippen LogP contribution in [0.15, 0.2) is 5.51 Å². The van der Waals surface area contributed by atoms with Gasteiger partial charge in [-0.15, -0.1) is 11.3 Å². The second-order valence-corrected chi connectivity index (χ2v) is 6.53. The SMILES string of the molecule is Cc1ncsc1CCOCC(O)CNC(C)C1CCCO1. The van der Waals surface area contributed by atoms with E-state index in [1.807, 2.05) is 12.4 Å². The molecule has 5 nitrogen and oxygen atoms in total. The lowest BCUT2D eigenvalue weighted by atomic mass is 10.1. The van der Waals surface area contributed by atoms with E-state index in [4.69, 9.17) is 9.47 Å². The first-order valence-electron chi connectivity index (χ1n) is 7.66. The first-order valence-corrected chi connectivity index (χ1v) is 8.54. The Bertz CT molecular complexity index is 407. The van der Waals surface area contributed by atoms with E-state index in [2.05, 4.69) is 17.2 Å². The first kappa shape index (κ1) is 16.8. The molecule has 2 rings (SSSR count). The number of thiazole rings is 1. The highest BCUT2D eigenvalue weighted by atomic mass is 32.1. The average molecular weight is 314 g/mol. The molecular weight excluding hydrogens is 288 g/mol. The Morgan fingerprint density at radius 1 is 1.62 bits per heavy atom. The Morgan fingerprint density at radius 2 is 2.48 bits per heavy atom. The summed E-state index contributed by atoms with van der Waals surface area (Å²) in [5.74, 6) is 0. The third kappa shape index (κ3) is 5.64. The number of hydrogen-bond acceptors (Lipinski definition) is 6. The summed E-state index contributed by atoms with van der Waals surface area (Å²) in [5, 5.41) is 13.2. The number of aliphatic hydroxyl groups is 1. The Labute approximate surface area is 130 Å². The van der Waals surface area contributed by atoms with Crippen LogP contribution >= 0.6 is 11.3 Å². The number of aliphatic hydroxyl groups excluding tert-OH is 1. The van der Waals surface area contributed by atoms with Gasteiger partial charge in [-0.3, -0.25) is 0 Å². The van der Waals surface area contributed by atoms with Crippen LogP contribution in [-0.4, -0.2) is 54.7 Å². The molecule has 0 aromatic carbocycles. The molecule has 1 saturated heterocycles. The molecule has 21 heavy (non-hydrogen) atoms. The number of nitrogens with one attached hydrogen (secondary N) is 1. The molecule has 3 unspecified atom stereocenters. The summed E-state index contributed by atoms with van der Waals surface area (Å²) in [6.45, 7) is 6.51. The van der Waals surface area contributed by atoms with Crippen LogP contribution in [0.1, 0.15) is 30.3 Å². The standard InChI is InChI=1S/C15H26N2O3S/c1-11(14-4-3-6-20-14)16-8-13(18)9-19-7-5-15-12(2)17-10-21-15/h10-11,13-14,16,18H,3-9H2,1-2H3. The first-order chi connectivity index (χ1) is 10.2. The zero-order valence-corrected chi connectivity index (χ0v) is 13.7. The van der Waals surface area contributed by atoms with E-state index in [9.17, 15) is 5.11 Å². The molecule has 1 aromatic heterocycles. The number of ether oxygens (including phenoxy) is 2. The maximum atomic E-state index is 9.91. The summed E-state index contributed by atoms with van der Waals surface area (Å²) >= 11 is 1.66. The highest BCUT2D eigenvalue weighted by Gasteiger charge is 2.22. The molecule has 1 aliphatic rings. The fourth-order valence-electron chi connectivity index (χ4n) is 2.46. The second kappa shape index (κ2) is 8.80. The Morgan fingerprint density at radius 3 is 3.14 bits per heavy atom. The summed E-state index contributed by atoms with van der Waals surface area (Å²) in [6.07, 6.45) is 2.92. The van der Waals surface area contributed by atoms with E-state index in [0.29, 0.717) is 19.8 Å². The van der Waals surface area contributed by atoms with Gasteiger partial charge in [0.15, 0.2) is 0 Å².